The maximum absolute atomic E-state index is 12.3. The van der Waals surface area contributed by atoms with Gasteiger partial charge in [-0.2, -0.15) is 0 Å². The summed E-state index contributed by atoms with van der Waals surface area (Å²) in [5.41, 5.74) is 5.49. The van der Waals surface area contributed by atoms with Gasteiger partial charge in [-0.05, 0) is 12.3 Å². The minimum Gasteiger partial charge on any atom is -0.379 e. The van der Waals surface area contributed by atoms with Crippen molar-refractivity contribution in [2.75, 3.05) is 26.8 Å². The number of rotatable bonds is 2. The monoisotopic (exact) mass is 228 g/mol. The average Bonchev–Trinajstić information content (AvgIpc) is 2.44. The molecule has 1 fully saturated rings. The van der Waals surface area contributed by atoms with Crippen LogP contribution in [-0.2, 0) is 9.53 Å². The van der Waals surface area contributed by atoms with E-state index in [1.54, 1.807) is 4.90 Å². The summed E-state index contributed by atoms with van der Waals surface area (Å²) in [7, 11) is 1.84. The molecule has 4 nitrogen and oxygen atoms in total. The molecule has 1 aliphatic rings. The summed E-state index contributed by atoms with van der Waals surface area (Å²) in [5, 5.41) is 0. The van der Waals surface area contributed by atoms with Crippen LogP contribution in [0.2, 0.25) is 0 Å². The minimum absolute atomic E-state index is 0.0902. The molecular formula is C12H24N2O2. The fraction of sp³-hybridized carbons (Fsp3) is 0.917. The number of carbonyl (C=O) groups is 1. The van der Waals surface area contributed by atoms with Crippen LogP contribution in [0.15, 0.2) is 0 Å². The summed E-state index contributed by atoms with van der Waals surface area (Å²) in [5.74, 6) is 0.0902. The maximum atomic E-state index is 12.3. The molecule has 2 atom stereocenters. The lowest BCUT2D eigenvalue weighted by Crippen LogP contribution is -2.51. The van der Waals surface area contributed by atoms with Crippen molar-refractivity contribution in [1.82, 2.24) is 4.90 Å². The van der Waals surface area contributed by atoms with Crippen LogP contribution >= 0.6 is 0 Å². The van der Waals surface area contributed by atoms with E-state index in [0.29, 0.717) is 13.2 Å². The van der Waals surface area contributed by atoms with Crippen LogP contribution < -0.4 is 5.73 Å². The first-order chi connectivity index (χ1) is 7.17. The highest BCUT2D eigenvalue weighted by Crippen LogP contribution is 2.30. The van der Waals surface area contributed by atoms with Gasteiger partial charge in [-0.1, -0.05) is 20.8 Å². The Bertz CT molecular complexity index is 273. The van der Waals surface area contributed by atoms with Gasteiger partial charge in [-0.25, -0.2) is 0 Å². The van der Waals surface area contributed by atoms with Crippen LogP contribution in [0.5, 0.6) is 0 Å². The molecule has 1 aliphatic heterocycles. The van der Waals surface area contributed by atoms with Crippen LogP contribution in [0.25, 0.3) is 0 Å². The number of amides is 1. The first kappa shape index (κ1) is 13.5. The fourth-order valence-electron chi connectivity index (χ4n) is 2.13. The van der Waals surface area contributed by atoms with Crippen molar-refractivity contribution in [1.29, 1.82) is 0 Å². The van der Waals surface area contributed by atoms with E-state index in [1.807, 2.05) is 14.0 Å². The van der Waals surface area contributed by atoms with Gasteiger partial charge in [0.15, 0.2) is 0 Å². The molecule has 1 saturated heterocycles. The predicted molar refractivity (Wildman–Crippen MR) is 64.0 cm³/mol. The molecule has 0 aromatic rings. The van der Waals surface area contributed by atoms with E-state index in [2.05, 4.69) is 20.8 Å². The van der Waals surface area contributed by atoms with Gasteiger partial charge in [0, 0.05) is 19.6 Å². The molecule has 1 rings (SSSR count). The molecule has 0 aromatic heterocycles. The Kier molecular flexibility index (Phi) is 3.65. The Morgan fingerprint density at radius 2 is 2.12 bits per heavy atom. The standard InChI is InChI=1S/C12H24N2O2/c1-11(2,3)7-14(5)10(15)12(4)8-16-6-9(12)13/h9H,6-8,13H2,1-5H3. The summed E-state index contributed by atoms with van der Waals surface area (Å²) in [4.78, 5) is 14.1. The molecule has 4 heteroatoms. The number of hydrogen-bond acceptors (Lipinski definition) is 3. The highest BCUT2D eigenvalue weighted by Gasteiger charge is 2.46. The second-order valence-corrected chi connectivity index (χ2v) is 6.26. The lowest BCUT2D eigenvalue weighted by molar-refractivity contribution is -0.141. The van der Waals surface area contributed by atoms with Crippen LogP contribution in [0, 0.1) is 10.8 Å². The summed E-state index contributed by atoms with van der Waals surface area (Å²) in [6.07, 6.45) is 0. The van der Waals surface area contributed by atoms with E-state index in [-0.39, 0.29) is 17.4 Å². The second-order valence-electron chi connectivity index (χ2n) is 6.26. The summed E-state index contributed by atoms with van der Waals surface area (Å²) < 4.78 is 5.30. The Hall–Kier alpha value is -0.610. The van der Waals surface area contributed by atoms with Crippen LogP contribution in [-0.4, -0.2) is 43.7 Å². The SMILES string of the molecule is CN(CC(C)(C)C)C(=O)C1(C)COCC1N. The lowest BCUT2D eigenvalue weighted by atomic mass is 9.83. The lowest BCUT2D eigenvalue weighted by Gasteiger charge is -2.34. The molecule has 0 spiro atoms. The van der Waals surface area contributed by atoms with Crippen molar-refractivity contribution in [3.63, 3.8) is 0 Å². The summed E-state index contributed by atoms with van der Waals surface area (Å²) in [6.45, 7) is 9.88. The van der Waals surface area contributed by atoms with Gasteiger partial charge in [0.2, 0.25) is 5.91 Å². The van der Waals surface area contributed by atoms with Crippen molar-refractivity contribution in [2.45, 2.75) is 33.7 Å². The van der Waals surface area contributed by atoms with Crippen LogP contribution in [0.4, 0.5) is 0 Å². The maximum Gasteiger partial charge on any atom is 0.232 e. The van der Waals surface area contributed by atoms with Crippen LogP contribution in [0.3, 0.4) is 0 Å². The predicted octanol–water partition coefficient (Wildman–Crippen LogP) is 0.855. The third kappa shape index (κ3) is 2.74. The Morgan fingerprint density at radius 3 is 2.50 bits per heavy atom. The summed E-state index contributed by atoms with van der Waals surface area (Å²) in [6, 6.07) is -0.192. The van der Waals surface area contributed by atoms with Gasteiger partial charge in [0.1, 0.15) is 0 Å². The first-order valence-electron chi connectivity index (χ1n) is 5.76. The van der Waals surface area contributed by atoms with Gasteiger partial charge >= 0.3 is 0 Å². The molecule has 2 N–H and O–H groups in total. The highest BCUT2D eigenvalue weighted by atomic mass is 16.5. The fourth-order valence-corrected chi connectivity index (χ4v) is 2.13. The van der Waals surface area contributed by atoms with Crippen molar-refractivity contribution in [2.24, 2.45) is 16.6 Å². The number of carbonyl (C=O) groups excluding carboxylic acids is 1. The number of nitrogens with two attached hydrogens (primary N) is 1. The Morgan fingerprint density at radius 1 is 1.56 bits per heavy atom. The third-order valence-corrected chi connectivity index (χ3v) is 3.06. The molecule has 0 saturated carbocycles. The molecule has 1 heterocycles. The number of hydrogen-bond donors (Lipinski definition) is 1. The average molecular weight is 228 g/mol. The molecule has 94 valence electrons. The van der Waals surface area contributed by atoms with Crippen molar-refractivity contribution in [3.05, 3.63) is 0 Å². The van der Waals surface area contributed by atoms with E-state index in [9.17, 15) is 4.79 Å². The largest absolute Gasteiger partial charge is 0.379 e. The summed E-state index contributed by atoms with van der Waals surface area (Å²) >= 11 is 0. The second kappa shape index (κ2) is 4.34. The van der Waals surface area contributed by atoms with E-state index >= 15 is 0 Å². The van der Waals surface area contributed by atoms with Gasteiger partial charge in [-0.15, -0.1) is 0 Å². The van der Waals surface area contributed by atoms with E-state index in [0.717, 1.165) is 6.54 Å². The molecule has 0 aromatic carbocycles. The zero-order valence-electron chi connectivity index (χ0n) is 11.0. The smallest absolute Gasteiger partial charge is 0.232 e. The minimum atomic E-state index is -0.556. The van der Waals surface area contributed by atoms with Crippen molar-refractivity contribution in [3.8, 4) is 0 Å². The van der Waals surface area contributed by atoms with Gasteiger partial charge in [-0.3, -0.25) is 4.79 Å². The molecule has 0 bridgehead atoms. The van der Waals surface area contributed by atoms with Gasteiger partial charge < -0.3 is 15.4 Å². The first-order valence-corrected chi connectivity index (χ1v) is 5.76. The molecule has 0 radical (unpaired) electrons. The van der Waals surface area contributed by atoms with Gasteiger partial charge in [0.25, 0.3) is 0 Å². The third-order valence-electron chi connectivity index (χ3n) is 3.06. The zero-order chi connectivity index (χ0) is 12.6. The quantitative estimate of drug-likeness (QED) is 0.762. The number of nitrogens with zero attached hydrogens (tertiary/aromatic N) is 1. The Balaban J connectivity index is 2.70. The number of ether oxygens (including phenoxy) is 1. The molecule has 16 heavy (non-hydrogen) atoms. The zero-order valence-corrected chi connectivity index (χ0v) is 11.0. The van der Waals surface area contributed by atoms with Crippen molar-refractivity contribution >= 4 is 5.91 Å². The molecule has 0 aliphatic carbocycles. The normalized spacial score (nSPS) is 30.5. The van der Waals surface area contributed by atoms with Crippen molar-refractivity contribution < 1.29 is 9.53 Å². The molecular weight excluding hydrogens is 204 g/mol. The van der Waals surface area contributed by atoms with E-state index < -0.39 is 5.41 Å². The van der Waals surface area contributed by atoms with Gasteiger partial charge in [0.05, 0.1) is 18.6 Å². The molecule has 2 unspecified atom stereocenters. The van der Waals surface area contributed by atoms with E-state index in [1.165, 1.54) is 0 Å². The topological polar surface area (TPSA) is 55.6 Å². The molecule has 1 amide bonds. The van der Waals surface area contributed by atoms with Crippen LogP contribution in [0.1, 0.15) is 27.7 Å². The Labute approximate surface area is 98.1 Å². The highest BCUT2D eigenvalue weighted by molar-refractivity contribution is 5.83. The van der Waals surface area contributed by atoms with E-state index in [4.69, 9.17) is 10.5 Å².